The summed E-state index contributed by atoms with van der Waals surface area (Å²) >= 11 is 0. The highest BCUT2D eigenvalue weighted by Crippen LogP contribution is 2.22. The summed E-state index contributed by atoms with van der Waals surface area (Å²) in [7, 11) is 4.20. The maximum Gasteiger partial charge on any atom is 0.134 e. The van der Waals surface area contributed by atoms with Gasteiger partial charge in [0.2, 0.25) is 0 Å². The highest BCUT2D eigenvalue weighted by molar-refractivity contribution is 5.57. The third-order valence-corrected chi connectivity index (χ3v) is 3.91. The molecule has 2 N–H and O–H groups in total. The van der Waals surface area contributed by atoms with E-state index in [1.807, 2.05) is 0 Å². The Hall–Kier alpha value is -1.36. The van der Waals surface area contributed by atoms with Gasteiger partial charge in [-0.05, 0) is 48.2 Å². The maximum atomic E-state index is 4.69. The minimum Gasteiger partial charge on any atom is -0.370 e. The smallest absolute Gasteiger partial charge is 0.134 e. The zero-order valence-corrected chi connectivity index (χ0v) is 14.7. The van der Waals surface area contributed by atoms with Crippen molar-refractivity contribution < 1.29 is 0 Å². The van der Waals surface area contributed by atoms with Crippen LogP contribution in [0, 0.1) is 6.92 Å². The van der Waals surface area contributed by atoms with Crippen molar-refractivity contribution in [1.82, 2.24) is 14.9 Å². The predicted octanol–water partition coefficient (Wildman–Crippen LogP) is 2.92. The van der Waals surface area contributed by atoms with Crippen molar-refractivity contribution in [3.63, 3.8) is 0 Å². The molecule has 0 fully saturated rings. The molecule has 1 rings (SSSR count). The van der Waals surface area contributed by atoms with Crippen LogP contribution in [0.3, 0.4) is 0 Å². The molecule has 0 radical (unpaired) electrons. The molecule has 0 aliphatic carbocycles. The van der Waals surface area contributed by atoms with Crippen LogP contribution in [0.25, 0.3) is 0 Å². The van der Waals surface area contributed by atoms with Gasteiger partial charge in [-0.15, -0.1) is 0 Å². The van der Waals surface area contributed by atoms with Crippen LogP contribution in [0.5, 0.6) is 0 Å². The summed E-state index contributed by atoms with van der Waals surface area (Å²) in [6.45, 7) is 12.4. The Balaban J connectivity index is 2.99. The van der Waals surface area contributed by atoms with Crippen LogP contribution in [-0.4, -0.2) is 47.6 Å². The van der Waals surface area contributed by atoms with Gasteiger partial charge in [-0.1, -0.05) is 6.92 Å². The van der Waals surface area contributed by atoms with Gasteiger partial charge in [-0.25, -0.2) is 9.97 Å². The van der Waals surface area contributed by atoms with Gasteiger partial charge in [-0.3, -0.25) is 0 Å². The van der Waals surface area contributed by atoms with Crippen molar-refractivity contribution in [2.24, 2.45) is 0 Å². The second-order valence-corrected chi connectivity index (χ2v) is 6.30. The lowest BCUT2D eigenvalue weighted by Gasteiger charge is -2.33. The molecule has 5 heteroatoms. The highest BCUT2D eigenvalue weighted by atomic mass is 15.2. The first kappa shape index (κ1) is 17.7. The molecule has 0 spiro atoms. The Morgan fingerprint density at radius 3 is 2.10 bits per heavy atom. The summed E-state index contributed by atoms with van der Waals surface area (Å²) in [5.74, 6) is 2.80. The van der Waals surface area contributed by atoms with Crippen molar-refractivity contribution in [2.75, 3.05) is 37.8 Å². The van der Waals surface area contributed by atoms with E-state index >= 15 is 0 Å². The van der Waals surface area contributed by atoms with Gasteiger partial charge in [0.25, 0.3) is 0 Å². The van der Waals surface area contributed by atoms with Gasteiger partial charge < -0.3 is 15.5 Å². The Morgan fingerprint density at radius 1 is 1.05 bits per heavy atom. The van der Waals surface area contributed by atoms with Crippen molar-refractivity contribution in [1.29, 1.82) is 0 Å². The number of hydrogen-bond donors (Lipinski definition) is 2. The standard InChI is InChI=1S/C16H31N5/c1-8-10-13-19-14(17-9-2)12(3)15(20-13)18-11-16(4,5)21(6)7/h8-11H2,1-7H3,(H2,17,18,19,20). The number of aryl methyl sites for hydroxylation is 1. The van der Waals surface area contributed by atoms with Crippen LogP contribution in [0.1, 0.15) is 45.5 Å². The molecule has 0 atom stereocenters. The number of aromatic nitrogens is 2. The molecule has 1 aromatic heterocycles. The van der Waals surface area contributed by atoms with E-state index in [1.54, 1.807) is 0 Å². The van der Waals surface area contributed by atoms with E-state index in [-0.39, 0.29) is 5.54 Å². The number of likely N-dealkylation sites (N-methyl/N-ethyl adjacent to an activating group) is 1. The van der Waals surface area contributed by atoms with Crippen LogP contribution in [0.15, 0.2) is 0 Å². The van der Waals surface area contributed by atoms with Crippen molar-refractivity contribution in [3.8, 4) is 0 Å². The molecule has 21 heavy (non-hydrogen) atoms. The molecular formula is C16H31N5. The van der Waals surface area contributed by atoms with Gasteiger partial charge in [0.15, 0.2) is 0 Å². The molecule has 0 bridgehead atoms. The van der Waals surface area contributed by atoms with Crippen LogP contribution < -0.4 is 10.6 Å². The third kappa shape index (κ3) is 4.84. The van der Waals surface area contributed by atoms with Gasteiger partial charge >= 0.3 is 0 Å². The SMILES string of the molecule is CCCc1nc(NCC)c(C)c(NCC(C)(C)N(C)C)n1. The van der Waals surface area contributed by atoms with Gasteiger partial charge in [0.05, 0.1) is 0 Å². The van der Waals surface area contributed by atoms with Crippen LogP contribution in [0.4, 0.5) is 11.6 Å². The Kier molecular flexibility index (Phi) is 6.40. The van der Waals surface area contributed by atoms with Gasteiger partial charge in [-0.2, -0.15) is 0 Å². The average Bonchev–Trinajstić information content (AvgIpc) is 2.41. The zero-order chi connectivity index (χ0) is 16.0. The van der Waals surface area contributed by atoms with Gasteiger partial charge in [0.1, 0.15) is 17.5 Å². The molecule has 0 saturated carbocycles. The molecule has 0 amide bonds. The highest BCUT2D eigenvalue weighted by Gasteiger charge is 2.21. The van der Waals surface area contributed by atoms with E-state index in [4.69, 9.17) is 0 Å². The molecule has 1 aromatic rings. The average molecular weight is 293 g/mol. The van der Waals surface area contributed by atoms with E-state index in [2.05, 4.69) is 74.2 Å². The van der Waals surface area contributed by atoms with Crippen molar-refractivity contribution in [3.05, 3.63) is 11.4 Å². The first-order valence-electron chi connectivity index (χ1n) is 7.84. The van der Waals surface area contributed by atoms with Gasteiger partial charge in [0, 0.05) is 30.6 Å². The van der Waals surface area contributed by atoms with E-state index in [1.165, 1.54) is 0 Å². The van der Waals surface area contributed by atoms with Crippen LogP contribution >= 0.6 is 0 Å². The fourth-order valence-electron chi connectivity index (χ4n) is 1.87. The number of anilines is 2. The van der Waals surface area contributed by atoms with Crippen LogP contribution in [0.2, 0.25) is 0 Å². The summed E-state index contributed by atoms with van der Waals surface area (Å²) in [6, 6.07) is 0. The quantitative estimate of drug-likeness (QED) is 0.772. The molecule has 0 aromatic carbocycles. The summed E-state index contributed by atoms with van der Waals surface area (Å²) in [6.07, 6.45) is 1.96. The van der Waals surface area contributed by atoms with E-state index in [0.29, 0.717) is 0 Å². The molecule has 0 aliphatic rings. The maximum absolute atomic E-state index is 4.69. The first-order valence-corrected chi connectivity index (χ1v) is 7.84. The molecule has 0 unspecified atom stereocenters. The zero-order valence-electron chi connectivity index (χ0n) is 14.7. The summed E-state index contributed by atoms with van der Waals surface area (Å²) < 4.78 is 0. The molecule has 0 saturated heterocycles. The third-order valence-electron chi connectivity index (χ3n) is 3.91. The molecule has 5 nitrogen and oxygen atoms in total. The second kappa shape index (κ2) is 7.59. The fraction of sp³-hybridized carbons (Fsp3) is 0.750. The first-order chi connectivity index (χ1) is 9.81. The van der Waals surface area contributed by atoms with Crippen LogP contribution in [-0.2, 0) is 6.42 Å². The minimum absolute atomic E-state index is 0.0701. The predicted molar refractivity (Wildman–Crippen MR) is 91.2 cm³/mol. The van der Waals surface area contributed by atoms with E-state index < -0.39 is 0 Å². The van der Waals surface area contributed by atoms with Crippen molar-refractivity contribution >= 4 is 11.6 Å². The monoisotopic (exact) mass is 293 g/mol. The topological polar surface area (TPSA) is 53.1 Å². The summed E-state index contributed by atoms with van der Waals surface area (Å²) in [5, 5.41) is 6.83. The summed E-state index contributed by atoms with van der Waals surface area (Å²) in [4.78, 5) is 11.5. The second-order valence-electron chi connectivity index (χ2n) is 6.30. The molecule has 1 heterocycles. The largest absolute Gasteiger partial charge is 0.370 e. The van der Waals surface area contributed by atoms with E-state index in [9.17, 15) is 0 Å². The lowest BCUT2D eigenvalue weighted by atomic mass is 10.0. The number of rotatable bonds is 8. The minimum atomic E-state index is 0.0701. The Bertz CT molecular complexity index is 454. The number of nitrogens with zero attached hydrogens (tertiary/aromatic N) is 3. The number of nitrogens with one attached hydrogen (secondary N) is 2. The molecule has 0 aliphatic heterocycles. The Morgan fingerprint density at radius 2 is 1.62 bits per heavy atom. The lowest BCUT2D eigenvalue weighted by Crippen LogP contribution is -2.44. The lowest BCUT2D eigenvalue weighted by molar-refractivity contribution is 0.210. The number of hydrogen-bond acceptors (Lipinski definition) is 5. The Labute approximate surface area is 129 Å². The van der Waals surface area contributed by atoms with Crippen molar-refractivity contribution in [2.45, 2.75) is 53.0 Å². The summed E-state index contributed by atoms with van der Waals surface area (Å²) in [5.41, 5.74) is 1.16. The normalized spacial score (nSPS) is 11.8. The molecular weight excluding hydrogens is 262 g/mol. The molecule has 120 valence electrons. The van der Waals surface area contributed by atoms with E-state index in [0.717, 1.165) is 49.0 Å². The fourth-order valence-corrected chi connectivity index (χ4v) is 1.87.